The number of hydrogen-bond acceptors (Lipinski definition) is 6. The van der Waals surface area contributed by atoms with Crippen molar-refractivity contribution in [1.29, 1.82) is 0 Å². The van der Waals surface area contributed by atoms with Crippen molar-refractivity contribution < 1.29 is 32.6 Å². The first-order valence-corrected chi connectivity index (χ1v) is 13.2. The zero-order valence-electron chi connectivity index (χ0n) is 21.0. The van der Waals surface area contributed by atoms with Crippen molar-refractivity contribution in [3.63, 3.8) is 0 Å². The van der Waals surface area contributed by atoms with Crippen LogP contribution in [0.15, 0.2) is 78.9 Å². The van der Waals surface area contributed by atoms with Gasteiger partial charge < -0.3 is 14.6 Å². The summed E-state index contributed by atoms with van der Waals surface area (Å²) in [7, 11) is -3.21. The highest BCUT2D eigenvalue weighted by molar-refractivity contribution is 7.91. The average molecular weight is 524 g/mol. The van der Waals surface area contributed by atoms with Crippen molar-refractivity contribution >= 4 is 22.0 Å². The number of ether oxygens (including phenoxy) is 2. The summed E-state index contributed by atoms with van der Waals surface area (Å²) in [5, 5.41) is 8.59. The summed E-state index contributed by atoms with van der Waals surface area (Å²) < 4.78 is 38.1. The fraction of sp³-hybridized carbons (Fsp3) is 0.286. The molecule has 1 saturated heterocycles. The number of carbonyl (C=O) groups excluding carboxylic acids is 1. The third kappa shape index (κ3) is 5.23. The number of methoxy groups -OCH3 is 1. The molecule has 9 heteroatoms. The Labute approximate surface area is 216 Å². The summed E-state index contributed by atoms with van der Waals surface area (Å²) in [6, 6.07) is 20.3. The number of hydrogen-bond donors (Lipinski definition) is 1. The number of carboxylic acid groups (broad SMARTS) is 1. The molecule has 0 amide bonds. The standard InChI is InChI=1S/C28H29NO7S/c1-28(2,3)36-22-16-14-21(15-17-22)24(26(30)31)29-23(25(27(32)35-4)37(29,33)34)20-12-10-19(11-13-20)18-8-6-5-7-9-18/h5-17,23-25H,1-4H3,(H,30,31)/t23?,24-,25?/m0/s1. The maximum absolute atomic E-state index is 13.3. The van der Waals surface area contributed by atoms with Crippen molar-refractivity contribution in [2.75, 3.05) is 7.11 Å². The van der Waals surface area contributed by atoms with Gasteiger partial charge in [0.05, 0.1) is 13.2 Å². The molecule has 0 aromatic heterocycles. The van der Waals surface area contributed by atoms with E-state index in [2.05, 4.69) is 0 Å². The van der Waals surface area contributed by atoms with E-state index in [1.54, 1.807) is 24.3 Å². The molecule has 0 aliphatic carbocycles. The van der Waals surface area contributed by atoms with Gasteiger partial charge in [-0.05, 0) is 55.2 Å². The normalized spacial score (nSPS) is 19.9. The van der Waals surface area contributed by atoms with Gasteiger partial charge in [-0.3, -0.25) is 9.59 Å². The van der Waals surface area contributed by atoms with E-state index in [4.69, 9.17) is 9.47 Å². The van der Waals surface area contributed by atoms with Crippen LogP contribution in [-0.2, 0) is 24.3 Å². The molecule has 1 fully saturated rings. The number of aliphatic carboxylic acids is 1. The lowest BCUT2D eigenvalue weighted by atomic mass is 9.96. The third-order valence-corrected chi connectivity index (χ3v) is 8.19. The maximum atomic E-state index is 13.3. The number of sulfonamides is 1. The fourth-order valence-electron chi connectivity index (χ4n) is 4.49. The molecule has 3 aromatic rings. The number of benzene rings is 3. The molecule has 2 unspecified atom stereocenters. The number of carbonyl (C=O) groups is 2. The molecular weight excluding hydrogens is 494 g/mol. The summed E-state index contributed by atoms with van der Waals surface area (Å²) in [4.78, 5) is 25.0. The highest BCUT2D eigenvalue weighted by Gasteiger charge is 2.62. The second-order valence-electron chi connectivity index (χ2n) is 9.78. The highest BCUT2D eigenvalue weighted by atomic mass is 32.2. The van der Waals surface area contributed by atoms with E-state index in [9.17, 15) is 23.1 Å². The van der Waals surface area contributed by atoms with E-state index >= 15 is 0 Å². The molecule has 8 nitrogen and oxygen atoms in total. The van der Waals surface area contributed by atoms with Gasteiger partial charge in [0.15, 0.2) is 5.25 Å². The summed E-state index contributed by atoms with van der Waals surface area (Å²) in [6.45, 7) is 5.65. The van der Waals surface area contributed by atoms with Crippen LogP contribution in [0.5, 0.6) is 5.75 Å². The minimum absolute atomic E-state index is 0.242. The topological polar surface area (TPSA) is 110 Å². The molecule has 37 heavy (non-hydrogen) atoms. The second kappa shape index (κ2) is 9.99. The lowest BCUT2D eigenvalue weighted by Gasteiger charge is -2.47. The van der Waals surface area contributed by atoms with E-state index in [0.717, 1.165) is 22.5 Å². The van der Waals surface area contributed by atoms with E-state index in [0.29, 0.717) is 11.3 Å². The van der Waals surface area contributed by atoms with Crippen LogP contribution in [0.25, 0.3) is 11.1 Å². The van der Waals surface area contributed by atoms with Crippen molar-refractivity contribution in [2.24, 2.45) is 0 Å². The molecule has 194 valence electrons. The zero-order valence-corrected chi connectivity index (χ0v) is 21.8. The Balaban J connectivity index is 1.74. The SMILES string of the molecule is COC(=O)C1C(c2ccc(-c3ccccc3)cc2)N([C@H](C(=O)O)c2ccc(OC(C)(C)C)cc2)S1(=O)=O. The van der Waals surface area contributed by atoms with Gasteiger partial charge in [-0.15, -0.1) is 0 Å². The zero-order chi connectivity index (χ0) is 27.0. The van der Waals surface area contributed by atoms with Crippen LogP contribution in [0.3, 0.4) is 0 Å². The van der Waals surface area contributed by atoms with E-state index in [-0.39, 0.29) is 5.56 Å². The molecule has 1 heterocycles. The summed E-state index contributed by atoms with van der Waals surface area (Å²) in [5.74, 6) is -1.78. The number of nitrogens with zero attached hydrogens (tertiary/aromatic N) is 1. The lowest BCUT2D eigenvalue weighted by Crippen LogP contribution is -2.63. The molecule has 4 rings (SSSR count). The van der Waals surface area contributed by atoms with Crippen LogP contribution in [0.4, 0.5) is 0 Å². The highest BCUT2D eigenvalue weighted by Crippen LogP contribution is 2.49. The lowest BCUT2D eigenvalue weighted by molar-refractivity contribution is -0.147. The Morgan fingerprint density at radius 1 is 0.892 bits per heavy atom. The van der Waals surface area contributed by atoms with Gasteiger partial charge in [0.25, 0.3) is 0 Å². The first-order chi connectivity index (χ1) is 17.4. The molecule has 1 N–H and O–H groups in total. The van der Waals surface area contributed by atoms with E-state index in [1.807, 2.05) is 63.2 Å². The predicted molar refractivity (Wildman–Crippen MR) is 138 cm³/mol. The van der Waals surface area contributed by atoms with Crippen LogP contribution < -0.4 is 4.74 Å². The Morgan fingerprint density at radius 3 is 1.97 bits per heavy atom. The van der Waals surface area contributed by atoms with Gasteiger partial charge in [-0.2, -0.15) is 4.31 Å². The van der Waals surface area contributed by atoms with Crippen LogP contribution in [0.1, 0.15) is 44.0 Å². The number of rotatable bonds is 7. The van der Waals surface area contributed by atoms with Crippen molar-refractivity contribution in [1.82, 2.24) is 4.31 Å². The van der Waals surface area contributed by atoms with Crippen LogP contribution in [-0.4, -0.2) is 47.7 Å². The quantitative estimate of drug-likeness (QED) is 0.451. The third-order valence-electron chi connectivity index (χ3n) is 6.08. The Morgan fingerprint density at radius 2 is 1.46 bits per heavy atom. The van der Waals surface area contributed by atoms with E-state index < -0.39 is 44.9 Å². The summed E-state index contributed by atoms with van der Waals surface area (Å²) >= 11 is 0. The van der Waals surface area contributed by atoms with Crippen molar-refractivity contribution in [3.8, 4) is 16.9 Å². The number of esters is 1. The molecule has 1 aliphatic heterocycles. The molecule has 0 saturated carbocycles. The molecule has 0 spiro atoms. The summed E-state index contributed by atoms with van der Waals surface area (Å²) in [6.07, 6.45) is 0. The first-order valence-electron chi connectivity index (χ1n) is 11.7. The Kier molecular flexibility index (Phi) is 7.12. The smallest absolute Gasteiger partial charge is 0.327 e. The second-order valence-corrected chi connectivity index (χ2v) is 11.7. The monoisotopic (exact) mass is 523 g/mol. The van der Waals surface area contributed by atoms with Crippen molar-refractivity contribution in [2.45, 2.75) is 43.7 Å². The van der Waals surface area contributed by atoms with E-state index in [1.165, 1.54) is 12.1 Å². The molecular formula is C28H29NO7S. The van der Waals surface area contributed by atoms with Crippen LogP contribution in [0, 0.1) is 0 Å². The summed E-state index contributed by atoms with van der Waals surface area (Å²) in [5.41, 5.74) is 2.14. The minimum Gasteiger partial charge on any atom is -0.488 e. The minimum atomic E-state index is -4.32. The largest absolute Gasteiger partial charge is 0.488 e. The van der Waals surface area contributed by atoms with Gasteiger partial charge >= 0.3 is 11.9 Å². The molecule has 0 bridgehead atoms. The molecule has 3 atom stereocenters. The molecule has 0 radical (unpaired) electrons. The van der Waals surface area contributed by atoms with Crippen LogP contribution in [0.2, 0.25) is 0 Å². The van der Waals surface area contributed by atoms with Gasteiger partial charge in [0.2, 0.25) is 10.0 Å². The Bertz CT molecular complexity index is 1380. The average Bonchev–Trinajstić information content (AvgIpc) is 2.85. The maximum Gasteiger partial charge on any atom is 0.327 e. The predicted octanol–water partition coefficient (Wildman–Crippen LogP) is 4.58. The van der Waals surface area contributed by atoms with Gasteiger partial charge in [0.1, 0.15) is 17.4 Å². The fourth-order valence-corrected chi connectivity index (χ4v) is 6.58. The van der Waals surface area contributed by atoms with Crippen molar-refractivity contribution in [3.05, 3.63) is 90.0 Å². The molecule has 3 aromatic carbocycles. The Hall–Kier alpha value is -3.69. The van der Waals surface area contributed by atoms with Crippen LogP contribution >= 0.6 is 0 Å². The number of carboxylic acids is 1. The van der Waals surface area contributed by atoms with Gasteiger partial charge in [-0.25, -0.2) is 8.42 Å². The first kappa shape index (κ1) is 26.4. The van der Waals surface area contributed by atoms with Gasteiger partial charge in [0, 0.05) is 0 Å². The molecule has 1 aliphatic rings. The van der Waals surface area contributed by atoms with Gasteiger partial charge in [-0.1, -0.05) is 66.7 Å².